The van der Waals surface area contributed by atoms with E-state index in [4.69, 9.17) is 4.74 Å². The molecule has 1 saturated carbocycles. The first-order valence-corrected chi connectivity index (χ1v) is 8.26. The zero-order chi connectivity index (χ0) is 15.7. The highest BCUT2D eigenvalue weighted by atomic mass is 32.2. The van der Waals surface area contributed by atoms with Gasteiger partial charge < -0.3 is 4.74 Å². The minimum absolute atomic E-state index is 0.346. The molecule has 1 aliphatic carbocycles. The summed E-state index contributed by atoms with van der Waals surface area (Å²) in [5.74, 6) is 0. The van der Waals surface area contributed by atoms with Crippen molar-refractivity contribution < 1.29 is 17.9 Å². The van der Waals surface area contributed by atoms with Gasteiger partial charge in [0.25, 0.3) is 0 Å². The van der Waals surface area contributed by atoms with Crippen molar-refractivity contribution in [2.24, 2.45) is 0 Å². The van der Waals surface area contributed by atoms with Gasteiger partial charge in [0.15, 0.2) is 0 Å². The van der Waals surface area contributed by atoms with Crippen molar-refractivity contribution in [2.45, 2.75) is 50.4 Å². The van der Waals surface area contributed by atoms with Crippen LogP contribution >= 0.6 is 0 Å². The van der Waals surface area contributed by atoms with Gasteiger partial charge in [-0.15, -0.1) is 0 Å². The van der Waals surface area contributed by atoms with Crippen molar-refractivity contribution in [2.75, 3.05) is 0 Å². The number of amides is 1. The number of ether oxygens (including phenoxy) is 1. The van der Waals surface area contributed by atoms with Crippen molar-refractivity contribution in [1.29, 1.82) is 0 Å². The zero-order valence-corrected chi connectivity index (χ0v) is 13.2. The molecule has 0 aliphatic heterocycles. The Morgan fingerprint density at radius 3 is 2.57 bits per heavy atom. The summed E-state index contributed by atoms with van der Waals surface area (Å²) in [6, 6.07) is 3.59. The summed E-state index contributed by atoms with van der Waals surface area (Å²) in [4.78, 5) is 15.7. The fourth-order valence-corrected chi connectivity index (χ4v) is 3.55. The van der Waals surface area contributed by atoms with E-state index in [0.29, 0.717) is 19.3 Å². The van der Waals surface area contributed by atoms with Crippen LogP contribution in [0.2, 0.25) is 0 Å². The molecule has 1 aromatic heterocycles. The van der Waals surface area contributed by atoms with Crippen LogP contribution in [0.3, 0.4) is 0 Å². The summed E-state index contributed by atoms with van der Waals surface area (Å²) in [7, 11) is -3.77. The molecule has 0 saturated heterocycles. The number of carbonyl (C=O) groups is 1. The van der Waals surface area contributed by atoms with Crippen molar-refractivity contribution >= 4 is 16.1 Å². The molecule has 0 unspecified atom stereocenters. The third kappa shape index (κ3) is 3.93. The summed E-state index contributed by atoms with van der Waals surface area (Å²) in [6.45, 7) is 5.05. The highest BCUT2D eigenvalue weighted by molar-refractivity contribution is 7.91. The molecule has 0 atom stereocenters. The molecule has 1 fully saturated rings. The minimum Gasteiger partial charge on any atom is -0.443 e. The number of rotatable bonds is 4. The molecule has 0 spiro atoms. The quantitative estimate of drug-likeness (QED) is 0.919. The maximum absolute atomic E-state index is 12.4. The van der Waals surface area contributed by atoms with Gasteiger partial charge in [0.1, 0.15) is 5.60 Å². The van der Waals surface area contributed by atoms with Crippen molar-refractivity contribution in [3.8, 4) is 0 Å². The molecule has 1 N–H and O–H groups in total. The third-order valence-corrected chi connectivity index (χ3v) is 5.37. The normalized spacial score (nSPS) is 17.1. The van der Waals surface area contributed by atoms with Gasteiger partial charge in [0, 0.05) is 12.4 Å². The Kier molecular flexibility index (Phi) is 3.97. The van der Waals surface area contributed by atoms with Gasteiger partial charge in [-0.1, -0.05) is 6.07 Å². The van der Waals surface area contributed by atoms with Gasteiger partial charge in [-0.05, 0) is 51.7 Å². The predicted molar refractivity (Wildman–Crippen MR) is 78.2 cm³/mol. The van der Waals surface area contributed by atoms with Crippen LogP contribution in [0.5, 0.6) is 0 Å². The highest BCUT2D eigenvalue weighted by Gasteiger charge is 2.55. The van der Waals surface area contributed by atoms with Gasteiger partial charge in [-0.2, -0.15) is 0 Å². The Labute approximate surface area is 125 Å². The second kappa shape index (κ2) is 5.29. The van der Waals surface area contributed by atoms with Crippen LogP contribution in [-0.4, -0.2) is 29.8 Å². The molecule has 1 heterocycles. The third-order valence-electron chi connectivity index (χ3n) is 3.24. The number of nitrogens with one attached hydrogen (secondary N) is 1. The minimum atomic E-state index is -3.77. The first-order valence-electron chi connectivity index (χ1n) is 6.78. The standard InChI is InChI=1S/C14H20N2O4S/c1-13(2,3)20-12(17)16-21(18,19)14(6-7-14)9-11-5-4-8-15-10-11/h4-5,8,10H,6-7,9H2,1-3H3,(H,16,17). The SMILES string of the molecule is CC(C)(C)OC(=O)NS(=O)(=O)C1(Cc2cccnc2)CC1. The van der Waals surface area contributed by atoms with E-state index in [1.807, 2.05) is 10.8 Å². The molecule has 21 heavy (non-hydrogen) atoms. The molecular formula is C14H20N2O4S. The molecule has 6 nitrogen and oxygen atoms in total. The number of carbonyl (C=O) groups excluding carboxylic acids is 1. The number of aromatic nitrogens is 1. The van der Waals surface area contributed by atoms with Crippen molar-refractivity contribution in [1.82, 2.24) is 9.71 Å². The Balaban J connectivity index is 2.07. The molecule has 1 aliphatic rings. The van der Waals surface area contributed by atoms with Gasteiger partial charge >= 0.3 is 6.09 Å². The molecule has 0 bridgehead atoms. The van der Waals surface area contributed by atoms with Crippen LogP contribution in [0, 0.1) is 0 Å². The summed E-state index contributed by atoms with van der Waals surface area (Å²) >= 11 is 0. The number of sulfonamides is 1. The van der Waals surface area contributed by atoms with Crippen LogP contribution < -0.4 is 4.72 Å². The average Bonchev–Trinajstić information content (AvgIpc) is 3.08. The first kappa shape index (κ1) is 15.8. The van der Waals surface area contributed by atoms with E-state index >= 15 is 0 Å². The smallest absolute Gasteiger partial charge is 0.421 e. The fraction of sp³-hybridized carbons (Fsp3) is 0.571. The molecule has 2 rings (SSSR count). The van der Waals surface area contributed by atoms with Gasteiger partial charge in [-0.3, -0.25) is 4.98 Å². The van der Waals surface area contributed by atoms with Crippen LogP contribution in [0.25, 0.3) is 0 Å². The molecule has 0 radical (unpaired) electrons. The first-order chi connectivity index (χ1) is 9.64. The largest absolute Gasteiger partial charge is 0.443 e. The maximum atomic E-state index is 12.4. The van der Waals surface area contributed by atoms with E-state index in [-0.39, 0.29) is 0 Å². The molecule has 7 heteroatoms. The summed E-state index contributed by atoms with van der Waals surface area (Å²) < 4.78 is 30.9. The Morgan fingerprint density at radius 2 is 2.10 bits per heavy atom. The van der Waals surface area contributed by atoms with E-state index in [1.54, 1.807) is 39.2 Å². The average molecular weight is 312 g/mol. The van der Waals surface area contributed by atoms with E-state index in [0.717, 1.165) is 5.56 Å². The number of hydrogen-bond donors (Lipinski definition) is 1. The van der Waals surface area contributed by atoms with E-state index in [2.05, 4.69) is 4.98 Å². The molecule has 1 aromatic rings. The van der Waals surface area contributed by atoms with Crippen molar-refractivity contribution in [3.05, 3.63) is 30.1 Å². The van der Waals surface area contributed by atoms with Gasteiger partial charge in [0.05, 0.1) is 4.75 Å². The summed E-state index contributed by atoms with van der Waals surface area (Å²) in [5.41, 5.74) is 0.101. The molecule has 0 aromatic carbocycles. The van der Waals surface area contributed by atoms with E-state index in [9.17, 15) is 13.2 Å². The lowest BCUT2D eigenvalue weighted by Gasteiger charge is -2.22. The van der Waals surface area contributed by atoms with Crippen LogP contribution in [0.1, 0.15) is 39.2 Å². The molecule has 1 amide bonds. The zero-order valence-electron chi connectivity index (χ0n) is 12.4. The fourth-order valence-electron chi connectivity index (χ4n) is 2.07. The summed E-state index contributed by atoms with van der Waals surface area (Å²) in [6.07, 6.45) is 3.75. The van der Waals surface area contributed by atoms with E-state index < -0.39 is 26.5 Å². The van der Waals surface area contributed by atoms with Crippen LogP contribution in [0.4, 0.5) is 4.79 Å². The topological polar surface area (TPSA) is 85.4 Å². The Hall–Kier alpha value is -1.63. The number of hydrogen-bond acceptors (Lipinski definition) is 5. The lowest BCUT2D eigenvalue weighted by molar-refractivity contribution is 0.0569. The van der Waals surface area contributed by atoms with Gasteiger partial charge in [-0.25, -0.2) is 17.9 Å². The summed E-state index contributed by atoms with van der Waals surface area (Å²) in [5, 5.41) is 0. The number of nitrogens with zero attached hydrogens (tertiary/aromatic N) is 1. The van der Waals surface area contributed by atoms with Crippen molar-refractivity contribution in [3.63, 3.8) is 0 Å². The van der Waals surface area contributed by atoms with Crippen LogP contribution in [0.15, 0.2) is 24.5 Å². The maximum Gasteiger partial charge on any atom is 0.421 e. The Morgan fingerprint density at radius 1 is 1.43 bits per heavy atom. The van der Waals surface area contributed by atoms with Gasteiger partial charge in [0.2, 0.25) is 10.0 Å². The Bertz CT molecular complexity index is 616. The van der Waals surface area contributed by atoms with Crippen LogP contribution in [-0.2, 0) is 21.2 Å². The molecule has 116 valence electrons. The second-order valence-electron chi connectivity index (χ2n) is 6.33. The second-order valence-corrected chi connectivity index (χ2v) is 8.41. The lowest BCUT2D eigenvalue weighted by Crippen LogP contribution is -2.43. The highest BCUT2D eigenvalue weighted by Crippen LogP contribution is 2.45. The number of pyridine rings is 1. The monoisotopic (exact) mass is 312 g/mol. The van der Waals surface area contributed by atoms with E-state index in [1.165, 1.54) is 0 Å². The lowest BCUT2D eigenvalue weighted by atomic mass is 10.1. The predicted octanol–water partition coefficient (Wildman–Crippen LogP) is 2.01. The molecular weight excluding hydrogens is 292 g/mol.